The molecule has 0 saturated carbocycles. The van der Waals surface area contributed by atoms with Crippen LogP contribution in [-0.4, -0.2) is 27.2 Å². The van der Waals surface area contributed by atoms with E-state index < -0.39 is 0 Å². The second-order valence-electron chi connectivity index (χ2n) is 5.52. The lowest BCUT2D eigenvalue weighted by Gasteiger charge is -2.04. The number of carbonyl (C=O) groups is 1. The van der Waals surface area contributed by atoms with Gasteiger partial charge in [-0.1, -0.05) is 30.3 Å². The number of phenolic OH excluding ortho intramolecular Hbond substituents is 1. The zero-order valence-corrected chi connectivity index (χ0v) is 13.6. The molecule has 0 unspecified atom stereocenters. The second kappa shape index (κ2) is 7.44. The average molecular weight is 334 g/mol. The third-order valence-electron chi connectivity index (χ3n) is 3.67. The van der Waals surface area contributed by atoms with E-state index in [9.17, 15) is 9.90 Å². The van der Waals surface area contributed by atoms with Gasteiger partial charge in [-0.3, -0.25) is 4.79 Å². The number of amides is 1. The first-order valence-electron chi connectivity index (χ1n) is 7.84. The number of aromatic hydroxyl groups is 1. The Morgan fingerprint density at radius 1 is 1.28 bits per heavy atom. The van der Waals surface area contributed by atoms with Crippen molar-refractivity contribution in [2.24, 2.45) is 5.10 Å². The number of nitrogens with one attached hydrogen (secondary N) is 2. The van der Waals surface area contributed by atoms with Gasteiger partial charge >= 0.3 is 0 Å². The predicted molar refractivity (Wildman–Crippen MR) is 97.5 cm³/mol. The fourth-order valence-electron chi connectivity index (χ4n) is 2.49. The number of aromatic nitrogens is 2. The van der Waals surface area contributed by atoms with Gasteiger partial charge in [-0.15, -0.1) is 6.58 Å². The number of imidazole rings is 1. The minimum absolute atomic E-state index is 0.0918. The van der Waals surface area contributed by atoms with E-state index in [0.717, 1.165) is 16.6 Å². The summed E-state index contributed by atoms with van der Waals surface area (Å²) in [6, 6.07) is 12.9. The Hall–Kier alpha value is -3.41. The lowest BCUT2D eigenvalue weighted by atomic mass is 10.1. The van der Waals surface area contributed by atoms with Crippen LogP contribution in [0.3, 0.4) is 0 Å². The van der Waals surface area contributed by atoms with Crippen molar-refractivity contribution in [1.82, 2.24) is 15.4 Å². The average Bonchev–Trinajstić information content (AvgIpc) is 3.00. The Labute approximate surface area is 144 Å². The molecule has 0 fully saturated rings. The molecule has 1 heterocycles. The van der Waals surface area contributed by atoms with Crippen LogP contribution < -0.4 is 5.43 Å². The highest BCUT2D eigenvalue weighted by atomic mass is 16.3. The number of hydrazone groups is 1. The molecule has 0 bridgehead atoms. The van der Waals surface area contributed by atoms with E-state index in [0.29, 0.717) is 17.8 Å². The zero-order valence-electron chi connectivity index (χ0n) is 13.6. The van der Waals surface area contributed by atoms with Crippen LogP contribution in [0.25, 0.3) is 11.0 Å². The maximum absolute atomic E-state index is 12.0. The molecule has 6 nitrogen and oxygen atoms in total. The number of benzene rings is 2. The van der Waals surface area contributed by atoms with E-state index in [-0.39, 0.29) is 18.1 Å². The Morgan fingerprint density at radius 2 is 2.12 bits per heavy atom. The maximum Gasteiger partial charge on any atom is 0.247 e. The molecule has 0 atom stereocenters. The summed E-state index contributed by atoms with van der Waals surface area (Å²) in [6.07, 6.45) is 3.78. The summed E-state index contributed by atoms with van der Waals surface area (Å²) >= 11 is 0. The van der Waals surface area contributed by atoms with Crippen molar-refractivity contribution >= 4 is 23.2 Å². The fraction of sp³-hybridized carbons (Fsp3) is 0.105. The van der Waals surface area contributed by atoms with Gasteiger partial charge < -0.3 is 10.1 Å². The van der Waals surface area contributed by atoms with Gasteiger partial charge in [0.1, 0.15) is 11.6 Å². The molecule has 6 heteroatoms. The van der Waals surface area contributed by atoms with Gasteiger partial charge in [0.2, 0.25) is 5.91 Å². The molecule has 0 aliphatic carbocycles. The zero-order chi connectivity index (χ0) is 17.6. The molecule has 1 amide bonds. The second-order valence-corrected chi connectivity index (χ2v) is 5.52. The molecule has 126 valence electrons. The van der Waals surface area contributed by atoms with Crippen molar-refractivity contribution < 1.29 is 9.90 Å². The van der Waals surface area contributed by atoms with E-state index in [4.69, 9.17) is 0 Å². The number of allylic oxidation sites excluding steroid dienone is 1. The van der Waals surface area contributed by atoms with Gasteiger partial charge in [0.25, 0.3) is 0 Å². The number of H-pyrrole nitrogens is 1. The number of phenols is 1. The van der Waals surface area contributed by atoms with Crippen LogP contribution in [0.15, 0.2) is 60.2 Å². The predicted octanol–water partition coefficient (Wildman–Crippen LogP) is 2.69. The molecule has 3 aromatic rings. The van der Waals surface area contributed by atoms with Crippen LogP contribution in [0.2, 0.25) is 0 Å². The minimum atomic E-state index is -0.294. The molecule has 3 N–H and O–H groups in total. The molecule has 0 saturated heterocycles. The van der Waals surface area contributed by atoms with Gasteiger partial charge in [0.05, 0.1) is 23.7 Å². The van der Waals surface area contributed by atoms with Crippen molar-refractivity contribution in [3.63, 3.8) is 0 Å². The molecule has 0 radical (unpaired) electrons. The number of fused-ring (bicyclic) bond motifs is 1. The highest BCUT2D eigenvalue weighted by Gasteiger charge is 2.08. The smallest absolute Gasteiger partial charge is 0.247 e. The molecule has 2 aromatic carbocycles. The van der Waals surface area contributed by atoms with Crippen LogP contribution in [0.5, 0.6) is 5.75 Å². The van der Waals surface area contributed by atoms with Crippen molar-refractivity contribution in [2.45, 2.75) is 12.8 Å². The quantitative estimate of drug-likeness (QED) is 0.368. The van der Waals surface area contributed by atoms with E-state index in [2.05, 4.69) is 27.1 Å². The van der Waals surface area contributed by atoms with Crippen LogP contribution in [0, 0.1) is 0 Å². The first-order chi connectivity index (χ1) is 12.2. The summed E-state index contributed by atoms with van der Waals surface area (Å²) in [5, 5.41) is 14.0. The van der Waals surface area contributed by atoms with Gasteiger partial charge in [0, 0.05) is 5.56 Å². The third-order valence-corrected chi connectivity index (χ3v) is 3.67. The number of para-hydroxylation sites is 3. The van der Waals surface area contributed by atoms with E-state index in [1.54, 1.807) is 12.1 Å². The standard InChI is InChI=1S/C19H18N4O2/c1-2-6-13-7-5-8-14(19(13)25)12-20-23-18(24)11-17-21-15-9-3-4-10-16(15)22-17/h2-5,7-10,12,25H,1,6,11H2,(H,21,22)(H,23,24). The first kappa shape index (κ1) is 16.4. The van der Waals surface area contributed by atoms with Gasteiger partial charge in [-0.25, -0.2) is 10.4 Å². The molecule has 1 aromatic heterocycles. The van der Waals surface area contributed by atoms with Crippen LogP contribution in [0.4, 0.5) is 0 Å². The minimum Gasteiger partial charge on any atom is -0.507 e. The first-order valence-corrected chi connectivity index (χ1v) is 7.84. The highest BCUT2D eigenvalue weighted by molar-refractivity contribution is 5.86. The molecule has 25 heavy (non-hydrogen) atoms. The largest absolute Gasteiger partial charge is 0.507 e. The van der Waals surface area contributed by atoms with Crippen molar-refractivity contribution in [1.29, 1.82) is 0 Å². The van der Waals surface area contributed by atoms with Crippen molar-refractivity contribution in [2.75, 3.05) is 0 Å². The van der Waals surface area contributed by atoms with E-state index >= 15 is 0 Å². The van der Waals surface area contributed by atoms with Gasteiger partial charge in [0.15, 0.2) is 0 Å². The normalized spacial score (nSPS) is 11.0. The summed E-state index contributed by atoms with van der Waals surface area (Å²) < 4.78 is 0. The summed E-state index contributed by atoms with van der Waals surface area (Å²) in [5.74, 6) is 0.416. The Morgan fingerprint density at radius 3 is 2.92 bits per heavy atom. The summed E-state index contributed by atoms with van der Waals surface area (Å²) in [6.45, 7) is 3.66. The molecule has 0 aliphatic rings. The van der Waals surface area contributed by atoms with Gasteiger partial charge in [-0.2, -0.15) is 5.10 Å². The van der Waals surface area contributed by atoms with Crippen molar-refractivity contribution in [3.05, 3.63) is 72.1 Å². The number of hydrogen-bond donors (Lipinski definition) is 3. The van der Waals surface area contributed by atoms with Crippen LogP contribution in [-0.2, 0) is 17.6 Å². The summed E-state index contributed by atoms with van der Waals surface area (Å²) in [7, 11) is 0. The number of rotatable bonds is 6. The lowest BCUT2D eigenvalue weighted by molar-refractivity contribution is -0.120. The van der Waals surface area contributed by atoms with Gasteiger partial charge in [-0.05, 0) is 30.2 Å². The van der Waals surface area contributed by atoms with E-state index in [1.165, 1.54) is 6.21 Å². The highest BCUT2D eigenvalue weighted by Crippen LogP contribution is 2.21. The molecule has 0 aliphatic heterocycles. The maximum atomic E-state index is 12.0. The molecule has 3 rings (SSSR count). The number of carbonyl (C=O) groups excluding carboxylic acids is 1. The number of nitrogens with zero attached hydrogens (tertiary/aromatic N) is 2. The molecular formula is C19H18N4O2. The Kier molecular flexibility index (Phi) is 4.89. The van der Waals surface area contributed by atoms with Crippen LogP contribution >= 0.6 is 0 Å². The fourth-order valence-corrected chi connectivity index (χ4v) is 2.49. The summed E-state index contributed by atoms with van der Waals surface area (Å²) in [5.41, 5.74) is 5.43. The third kappa shape index (κ3) is 3.92. The van der Waals surface area contributed by atoms with Crippen molar-refractivity contribution in [3.8, 4) is 5.75 Å². The monoisotopic (exact) mass is 334 g/mol. The van der Waals surface area contributed by atoms with Crippen LogP contribution in [0.1, 0.15) is 17.0 Å². The Balaban J connectivity index is 1.63. The molecule has 0 spiro atoms. The summed E-state index contributed by atoms with van der Waals surface area (Å²) in [4.78, 5) is 19.4. The van der Waals surface area contributed by atoms with E-state index in [1.807, 2.05) is 36.4 Å². The number of aromatic amines is 1. The Bertz CT molecular complexity index is 911. The SMILES string of the molecule is C=CCc1cccc(C=NNC(=O)Cc2nc3ccccc3[nH]2)c1O. The lowest BCUT2D eigenvalue weighted by Crippen LogP contribution is -2.20. The molecular weight excluding hydrogens is 316 g/mol. The topological polar surface area (TPSA) is 90.4 Å². The number of hydrogen-bond acceptors (Lipinski definition) is 4.